The van der Waals surface area contributed by atoms with Gasteiger partial charge in [-0.15, -0.1) is 0 Å². The first-order valence-corrected chi connectivity index (χ1v) is 6.27. The van der Waals surface area contributed by atoms with E-state index in [-0.39, 0.29) is 17.9 Å². The molecule has 0 aromatic heterocycles. The number of primary amides is 2. The van der Waals surface area contributed by atoms with E-state index in [0.717, 1.165) is 16.8 Å². The summed E-state index contributed by atoms with van der Waals surface area (Å²) in [5, 5.41) is 3.29. The van der Waals surface area contributed by atoms with Crippen molar-refractivity contribution >= 4 is 23.1 Å². The fraction of sp³-hybridized carbons (Fsp3) is 0.286. The van der Waals surface area contributed by atoms with Crippen molar-refractivity contribution < 1.29 is 9.59 Å². The summed E-state index contributed by atoms with van der Waals surface area (Å²) in [4.78, 5) is 22.7. The third-order valence-corrected chi connectivity index (χ3v) is 3.88. The molecule has 2 atom stereocenters. The summed E-state index contributed by atoms with van der Waals surface area (Å²) in [6, 6.07) is 5.54. The first-order valence-electron chi connectivity index (χ1n) is 6.27. The number of nitrogens with two attached hydrogens (primary N) is 2. The average Bonchev–Trinajstić information content (AvgIpc) is 2.75. The van der Waals surface area contributed by atoms with Gasteiger partial charge in [0.1, 0.15) is 0 Å². The normalized spacial score (nSPS) is 23.9. The van der Waals surface area contributed by atoms with E-state index in [4.69, 9.17) is 11.5 Å². The van der Waals surface area contributed by atoms with Crippen molar-refractivity contribution in [2.45, 2.75) is 18.9 Å². The number of para-hydroxylation sites is 1. The lowest BCUT2D eigenvalue weighted by Gasteiger charge is -2.23. The highest BCUT2D eigenvalue weighted by Crippen LogP contribution is 2.42. The maximum absolute atomic E-state index is 11.4. The zero-order valence-corrected chi connectivity index (χ0v) is 10.3. The zero-order chi connectivity index (χ0) is 13.6. The Hall–Kier alpha value is -2.30. The van der Waals surface area contributed by atoms with E-state index in [0.29, 0.717) is 18.4 Å². The highest BCUT2D eigenvalue weighted by Gasteiger charge is 2.34. The molecule has 1 aliphatic heterocycles. The van der Waals surface area contributed by atoms with Gasteiger partial charge in [0.05, 0.1) is 17.3 Å². The zero-order valence-electron chi connectivity index (χ0n) is 10.3. The monoisotopic (exact) mass is 257 g/mol. The predicted molar refractivity (Wildman–Crippen MR) is 72.3 cm³/mol. The van der Waals surface area contributed by atoms with Gasteiger partial charge in [0.2, 0.25) is 5.91 Å². The number of allylic oxidation sites excluding steroid dienone is 1. The molecule has 2 amide bonds. The molecular weight excluding hydrogens is 242 g/mol. The fourth-order valence-corrected chi connectivity index (χ4v) is 2.91. The maximum Gasteiger partial charge on any atom is 0.250 e. The minimum Gasteiger partial charge on any atom is -0.377 e. The number of anilines is 1. The first-order chi connectivity index (χ1) is 9.08. The van der Waals surface area contributed by atoms with Gasteiger partial charge in [0.25, 0.3) is 5.91 Å². The highest BCUT2D eigenvalue weighted by atomic mass is 16.1. The van der Waals surface area contributed by atoms with Crippen molar-refractivity contribution in [1.82, 2.24) is 0 Å². The summed E-state index contributed by atoms with van der Waals surface area (Å²) in [6.07, 6.45) is 3.35. The second-order valence-corrected chi connectivity index (χ2v) is 5.02. The lowest BCUT2D eigenvalue weighted by molar-refractivity contribution is -0.122. The second-order valence-electron chi connectivity index (χ2n) is 5.02. The number of carbonyl (C=O) groups is 2. The average molecular weight is 257 g/mol. The molecule has 98 valence electrons. The van der Waals surface area contributed by atoms with Crippen LogP contribution in [0.2, 0.25) is 0 Å². The standard InChI is InChI=1S/C14H15N3O2/c15-13(18)7-4-5-8-9-2-1-3-10(14(16)19)12(9)17-11(8)6-7/h1-3,5,7,11,17H,4,6H2,(H2,15,18)(H2,16,19). The molecule has 5 heteroatoms. The van der Waals surface area contributed by atoms with Crippen LogP contribution in [-0.4, -0.2) is 17.9 Å². The van der Waals surface area contributed by atoms with E-state index >= 15 is 0 Å². The van der Waals surface area contributed by atoms with Crippen molar-refractivity contribution in [2.24, 2.45) is 17.4 Å². The van der Waals surface area contributed by atoms with Gasteiger partial charge in [-0.3, -0.25) is 9.59 Å². The molecule has 2 aliphatic rings. The van der Waals surface area contributed by atoms with Gasteiger partial charge in [0, 0.05) is 11.5 Å². The minimum absolute atomic E-state index is 0.0433. The summed E-state index contributed by atoms with van der Waals surface area (Å²) in [7, 11) is 0. The molecule has 1 aliphatic carbocycles. The number of fused-ring (bicyclic) bond motifs is 3. The molecule has 0 saturated carbocycles. The molecule has 0 saturated heterocycles. The van der Waals surface area contributed by atoms with Crippen molar-refractivity contribution in [3.05, 3.63) is 35.4 Å². The molecule has 1 heterocycles. The van der Waals surface area contributed by atoms with Crippen LogP contribution in [-0.2, 0) is 4.79 Å². The Morgan fingerprint density at radius 1 is 1.26 bits per heavy atom. The molecule has 19 heavy (non-hydrogen) atoms. The Balaban J connectivity index is 2.01. The van der Waals surface area contributed by atoms with E-state index in [1.165, 1.54) is 0 Å². The van der Waals surface area contributed by atoms with Crippen LogP contribution in [0.1, 0.15) is 28.8 Å². The van der Waals surface area contributed by atoms with Crippen LogP contribution in [0.4, 0.5) is 5.69 Å². The number of nitrogens with one attached hydrogen (secondary N) is 1. The van der Waals surface area contributed by atoms with Crippen LogP contribution in [0.15, 0.2) is 24.3 Å². The summed E-state index contributed by atoms with van der Waals surface area (Å²) >= 11 is 0. The molecule has 1 aromatic carbocycles. The molecule has 5 N–H and O–H groups in total. The third-order valence-electron chi connectivity index (χ3n) is 3.88. The Morgan fingerprint density at radius 2 is 2.05 bits per heavy atom. The molecule has 3 rings (SSSR count). The lowest BCUT2D eigenvalue weighted by atomic mass is 9.84. The fourth-order valence-electron chi connectivity index (χ4n) is 2.91. The first kappa shape index (κ1) is 11.8. The van der Waals surface area contributed by atoms with Gasteiger partial charge in [-0.2, -0.15) is 0 Å². The SMILES string of the molecule is NC(=O)c1cccc2c1NC1CC(C(N)=O)CC=C21. The number of hydrogen-bond donors (Lipinski definition) is 3. The number of carbonyl (C=O) groups excluding carboxylic acids is 2. The van der Waals surface area contributed by atoms with Gasteiger partial charge in [-0.1, -0.05) is 18.2 Å². The molecular formula is C14H15N3O2. The molecule has 0 radical (unpaired) electrons. The Kier molecular flexibility index (Phi) is 2.55. The van der Waals surface area contributed by atoms with Crippen LogP contribution in [0.3, 0.4) is 0 Å². The van der Waals surface area contributed by atoms with E-state index < -0.39 is 5.91 Å². The van der Waals surface area contributed by atoms with Crippen molar-refractivity contribution in [1.29, 1.82) is 0 Å². The van der Waals surface area contributed by atoms with Crippen molar-refractivity contribution in [3.8, 4) is 0 Å². The van der Waals surface area contributed by atoms with E-state index in [1.54, 1.807) is 6.07 Å². The summed E-state index contributed by atoms with van der Waals surface area (Å²) in [5.74, 6) is -0.870. The maximum atomic E-state index is 11.4. The van der Waals surface area contributed by atoms with Gasteiger partial charge < -0.3 is 16.8 Å². The minimum atomic E-state index is -0.449. The smallest absolute Gasteiger partial charge is 0.250 e. The van der Waals surface area contributed by atoms with Crippen LogP contribution in [0.5, 0.6) is 0 Å². The van der Waals surface area contributed by atoms with Crippen LogP contribution in [0.25, 0.3) is 5.57 Å². The lowest BCUT2D eigenvalue weighted by Crippen LogP contribution is -2.31. The predicted octanol–water partition coefficient (Wildman–Crippen LogP) is 0.858. The molecule has 1 aromatic rings. The summed E-state index contributed by atoms with van der Waals surface area (Å²) < 4.78 is 0. The molecule has 0 bridgehead atoms. The van der Waals surface area contributed by atoms with E-state index in [1.807, 2.05) is 18.2 Å². The van der Waals surface area contributed by atoms with Gasteiger partial charge in [-0.05, 0) is 24.5 Å². The third kappa shape index (κ3) is 1.78. The Bertz CT molecular complexity index is 607. The quantitative estimate of drug-likeness (QED) is 0.732. The summed E-state index contributed by atoms with van der Waals surface area (Å²) in [6.45, 7) is 0. The van der Waals surface area contributed by atoms with Gasteiger partial charge in [-0.25, -0.2) is 0 Å². The number of rotatable bonds is 2. The molecule has 0 fully saturated rings. The number of hydrogen-bond acceptors (Lipinski definition) is 3. The Morgan fingerprint density at radius 3 is 2.74 bits per heavy atom. The highest BCUT2D eigenvalue weighted by molar-refractivity contribution is 6.04. The molecule has 2 unspecified atom stereocenters. The largest absolute Gasteiger partial charge is 0.377 e. The number of amides is 2. The van der Waals surface area contributed by atoms with Crippen LogP contribution < -0.4 is 16.8 Å². The summed E-state index contributed by atoms with van der Waals surface area (Å²) in [5.41, 5.74) is 14.1. The topological polar surface area (TPSA) is 98.2 Å². The van der Waals surface area contributed by atoms with E-state index in [2.05, 4.69) is 5.32 Å². The molecule has 0 spiro atoms. The van der Waals surface area contributed by atoms with E-state index in [9.17, 15) is 9.59 Å². The van der Waals surface area contributed by atoms with Crippen molar-refractivity contribution in [3.63, 3.8) is 0 Å². The van der Waals surface area contributed by atoms with Gasteiger partial charge in [0.15, 0.2) is 0 Å². The molecule has 5 nitrogen and oxygen atoms in total. The second kappa shape index (κ2) is 4.12. The van der Waals surface area contributed by atoms with Crippen molar-refractivity contribution in [2.75, 3.05) is 5.32 Å². The van der Waals surface area contributed by atoms with Crippen LogP contribution in [0, 0.1) is 5.92 Å². The van der Waals surface area contributed by atoms with Gasteiger partial charge >= 0.3 is 0 Å². The van der Waals surface area contributed by atoms with Crippen LogP contribution >= 0.6 is 0 Å². The number of benzene rings is 1. The Labute approximate surface area is 110 Å².